The van der Waals surface area contributed by atoms with E-state index in [2.05, 4.69) is 15.5 Å². The number of nitro groups is 1. The van der Waals surface area contributed by atoms with Crippen molar-refractivity contribution in [3.63, 3.8) is 0 Å². The number of rotatable bonds is 6. The maximum absolute atomic E-state index is 11.0. The summed E-state index contributed by atoms with van der Waals surface area (Å²) >= 11 is 0. The summed E-state index contributed by atoms with van der Waals surface area (Å²) in [5.41, 5.74) is 1.73. The van der Waals surface area contributed by atoms with Crippen LogP contribution < -0.4 is 10.6 Å². The molecule has 0 aromatic heterocycles. The van der Waals surface area contributed by atoms with Gasteiger partial charge in [-0.1, -0.05) is 12.1 Å². The summed E-state index contributed by atoms with van der Waals surface area (Å²) < 4.78 is 0. The fraction of sp³-hybridized carbons (Fsp3) is 0.571. The lowest BCUT2D eigenvalue weighted by atomic mass is 10.1. The van der Waals surface area contributed by atoms with Crippen molar-refractivity contribution in [2.45, 2.75) is 13.3 Å². The molecule has 1 aliphatic heterocycles. The number of piperazine rings is 1. The highest BCUT2D eigenvalue weighted by molar-refractivity contribution is 5.65. The van der Waals surface area contributed by atoms with E-state index in [0.717, 1.165) is 51.3 Å². The molecule has 1 aromatic carbocycles. The van der Waals surface area contributed by atoms with Crippen LogP contribution in [0.2, 0.25) is 0 Å². The molecule has 0 radical (unpaired) electrons. The number of hydrogen-bond acceptors (Lipinski definition) is 5. The Balaban J connectivity index is 1.83. The van der Waals surface area contributed by atoms with Crippen molar-refractivity contribution < 1.29 is 4.92 Å². The summed E-state index contributed by atoms with van der Waals surface area (Å²) in [6, 6.07) is 5.16. The third kappa shape index (κ3) is 3.91. The predicted octanol–water partition coefficient (Wildman–Crippen LogP) is 1.61. The van der Waals surface area contributed by atoms with E-state index in [0.29, 0.717) is 5.69 Å². The number of para-hydroxylation sites is 1. The molecule has 0 amide bonds. The van der Waals surface area contributed by atoms with E-state index in [1.807, 2.05) is 13.0 Å². The molecule has 1 heterocycles. The Labute approximate surface area is 119 Å². The minimum Gasteiger partial charge on any atom is -0.379 e. The van der Waals surface area contributed by atoms with Crippen LogP contribution in [-0.4, -0.2) is 49.1 Å². The first-order chi connectivity index (χ1) is 9.68. The molecule has 110 valence electrons. The van der Waals surface area contributed by atoms with Crippen molar-refractivity contribution in [2.24, 2.45) is 0 Å². The largest absolute Gasteiger partial charge is 0.379 e. The number of nitrogens with one attached hydrogen (secondary N) is 2. The second kappa shape index (κ2) is 7.21. The van der Waals surface area contributed by atoms with Crippen molar-refractivity contribution in [2.75, 3.05) is 44.6 Å². The maximum atomic E-state index is 11.0. The molecule has 20 heavy (non-hydrogen) atoms. The molecule has 1 saturated heterocycles. The summed E-state index contributed by atoms with van der Waals surface area (Å²) in [5.74, 6) is 0. The van der Waals surface area contributed by atoms with E-state index < -0.39 is 0 Å². The minimum atomic E-state index is -0.328. The first kappa shape index (κ1) is 14.7. The van der Waals surface area contributed by atoms with Gasteiger partial charge < -0.3 is 15.5 Å². The normalized spacial score (nSPS) is 16.1. The summed E-state index contributed by atoms with van der Waals surface area (Å²) in [4.78, 5) is 13.1. The molecule has 0 unspecified atom stereocenters. The van der Waals surface area contributed by atoms with E-state index in [-0.39, 0.29) is 10.6 Å². The van der Waals surface area contributed by atoms with Crippen LogP contribution in [0.3, 0.4) is 0 Å². The van der Waals surface area contributed by atoms with Gasteiger partial charge >= 0.3 is 0 Å². The van der Waals surface area contributed by atoms with E-state index in [4.69, 9.17) is 0 Å². The molecule has 6 nitrogen and oxygen atoms in total. The SMILES string of the molecule is Cc1cccc([N+](=O)[O-])c1NCCCN1CCNCC1. The van der Waals surface area contributed by atoms with Crippen LogP contribution >= 0.6 is 0 Å². The van der Waals surface area contributed by atoms with Gasteiger partial charge in [0.25, 0.3) is 5.69 Å². The topological polar surface area (TPSA) is 70.4 Å². The van der Waals surface area contributed by atoms with Crippen LogP contribution in [0.4, 0.5) is 11.4 Å². The smallest absolute Gasteiger partial charge is 0.292 e. The third-order valence-electron chi connectivity index (χ3n) is 3.61. The molecule has 1 aromatic rings. The zero-order chi connectivity index (χ0) is 14.4. The first-order valence-corrected chi connectivity index (χ1v) is 7.09. The van der Waals surface area contributed by atoms with Crippen molar-refractivity contribution in [1.29, 1.82) is 0 Å². The summed E-state index contributed by atoms with van der Waals surface area (Å²) in [7, 11) is 0. The van der Waals surface area contributed by atoms with Gasteiger partial charge in [-0.3, -0.25) is 10.1 Å². The molecule has 0 saturated carbocycles. The minimum absolute atomic E-state index is 0.159. The van der Waals surface area contributed by atoms with Gasteiger partial charge in [0.2, 0.25) is 0 Å². The third-order valence-corrected chi connectivity index (χ3v) is 3.61. The Morgan fingerprint density at radius 2 is 2.15 bits per heavy atom. The van der Waals surface area contributed by atoms with Crippen LogP contribution in [0.1, 0.15) is 12.0 Å². The van der Waals surface area contributed by atoms with E-state index in [1.165, 1.54) is 0 Å². The zero-order valence-electron chi connectivity index (χ0n) is 11.9. The van der Waals surface area contributed by atoms with Crippen LogP contribution in [0.5, 0.6) is 0 Å². The molecule has 0 atom stereocenters. The van der Waals surface area contributed by atoms with Crippen LogP contribution in [0.25, 0.3) is 0 Å². The second-order valence-electron chi connectivity index (χ2n) is 5.10. The van der Waals surface area contributed by atoms with E-state index in [9.17, 15) is 10.1 Å². The fourth-order valence-corrected chi connectivity index (χ4v) is 2.49. The molecular formula is C14H22N4O2. The molecule has 1 aliphatic rings. The number of nitrogens with zero attached hydrogens (tertiary/aromatic N) is 2. The fourth-order valence-electron chi connectivity index (χ4n) is 2.49. The molecule has 0 aliphatic carbocycles. The van der Waals surface area contributed by atoms with Gasteiger partial charge in [-0.05, 0) is 25.5 Å². The highest BCUT2D eigenvalue weighted by Gasteiger charge is 2.15. The van der Waals surface area contributed by atoms with E-state index >= 15 is 0 Å². The van der Waals surface area contributed by atoms with Crippen molar-refractivity contribution in [3.05, 3.63) is 33.9 Å². The van der Waals surface area contributed by atoms with Gasteiger partial charge in [-0.2, -0.15) is 0 Å². The lowest BCUT2D eigenvalue weighted by Gasteiger charge is -2.27. The Morgan fingerprint density at radius 3 is 2.85 bits per heavy atom. The molecule has 0 spiro atoms. The van der Waals surface area contributed by atoms with Gasteiger partial charge in [0.1, 0.15) is 5.69 Å². The number of nitro benzene ring substituents is 1. The molecule has 6 heteroatoms. The highest BCUT2D eigenvalue weighted by Crippen LogP contribution is 2.27. The summed E-state index contributed by atoms with van der Waals surface area (Å²) in [6.07, 6.45) is 0.992. The van der Waals surface area contributed by atoms with Gasteiger partial charge in [-0.15, -0.1) is 0 Å². The standard InChI is InChI=1S/C14H22N4O2/c1-12-4-2-5-13(18(19)20)14(12)16-6-3-9-17-10-7-15-8-11-17/h2,4-5,15-16H,3,6-11H2,1H3. The number of aryl methyl sites for hydroxylation is 1. The van der Waals surface area contributed by atoms with E-state index in [1.54, 1.807) is 12.1 Å². The van der Waals surface area contributed by atoms with Gasteiger partial charge in [0.15, 0.2) is 0 Å². The average Bonchev–Trinajstić information content (AvgIpc) is 2.45. The number of hydrogen-bond donors (Lipinski definition) is 2. The Hall–Kier alpha value is -1.66. The van der Waals surface area contributed by atoms with Gasteiger partial charge in [0, 0.05) is 38.8 Å². The number of anilines is 1. The van der Waals surface area contributed by atoms with Crippen LogP contribution in [-0.2, 0) is 0 Å². The quantitative estimate of drug-likeness (QED) is 0.470. The van der Waals surface area contributed by atoms with Gasteiger partial charge in [0.05, 0.1) is 4.92 Å². The van der Waals surface area contributed by atoms with Crippen molar-refractivity contribution >= 4 is 11.4 Å². The Morgan fingerprint density at radius 1 is 1.40 bits per heavy atom. The molecule has 0 bridgehead atoms. The Kier molecular flexibility index (Phi) is 5.31. The highest BCUT2D eigenvalue weighted by atomic mass is 16.6. The zero-order valence-corrected chi connectivity index (χ0v) is 11.9. The summed E-state index contributed by atoms with van der Waals surface area (Å²) in [5, 5.41) is 17.5. The molecule has 2 N–H and O–H groups in total. The lowest BCUT2D eigenvalue weighted by Crippen LogP contribution is -2.44. The predicted molar refractivity (Wildman–Crippen MR) is 80.2 cm³/mol. The van der Waals surface area contributed by atoms with Crippen LogP contribution in [0, 0.1) is 17.0 Å². The lowest BCUT2D eigenvalue weighted by molar-refractivity contribution is -0.384. The second-order valence-corrected chi connectivity index (χ2v) is 5.10. The van der Waals surface area contributed by atoms with Crippen molar-refractivity contribution in [1.82, 2.24) is 10.2 Å². The van der Waals surface area contributed by atoms with Crippen LogP contribution in [0.15, 0.2) is 18.2 Å². The van der Waals surface area contributed by atoms with Gasteiger partial charge in [-0.25, -0.2) is 0 Å². The maximum Gasteiger partial charge on any atom is 0.292 e. The van der Waals surface area contributed by atoms with Crippen molar-refractivity contribution in [3.8, 4) is 0 Å². The Bertz CT molecular complexity index is 458. The number of benzene rings is 1. The molecular weight excluding hydrogens is 256 g/mol. The summed E-state index contributed by atoms with van der Waals surface area (Å²) in [6.45, 7) is 7.97. The molecule has 1 fully saturated rings. The molecule has 2 rings (SSSR count). The first-order valence-electron chi connectivity index (χ1n) is 7.09. The average molecular weight is 278 g/mol. The monoisotopic (exact) mass is 278 g/mol.